The molecule has 5 rings (SSSR count). The minimum absolute atomic E-state index is 0.0236. The van der Waals surface area contributed by atoms with Crippen molar-refractivity contribution < 1.29 is 41.7 Å². The predicted molar refractivity (Wildman–Crippen MR) is 172 cm³/mol. The number of hydrogen-bond acceptors (Lipinski definition) is 10. The Labute approximate surface area is 273 Å². The molecular weight excluding hydrogens is 631 g/mol. The van der Waals surface area contributed by atoms with Crippen molar-refractivity contribution >= 4 is 27.5 Å². The van der Waals surface area contributed by atoms with E-state index < -0.39 is 45.3 Å². The van der Waals surface area contributed by atoms with Crippen LogP contribution in [0.3, 0.4) is 0 Å². The number of nitrogens with zero attached hydrogens (tertiary/aromatic N) is 4. The summed E-state index contributed by atoms with van der Waals surface area (Å²) in [6.07, 6.45) is -1.11. The van der Waals surface area contributed by atoms with E-state index >= 15 is 9.18 Å². The average Bonchev–Trinajstić information content (AvgIpc) is 3.54. The van der Waals surface area contributed by atoms with Gasteiger partial charge in [-0.1, -0.05) is 6.07 Å². The molecule has 14 heteroatoms. The first-order valence-electron chi connectivity index (χ1n) is 14.8. The first-order valence-corrected chi connectivity index (χ1v) is 16.3. The minimum atomic E-state index is -4.76. The fraction of sp³-hybridized carbons (Fsp3) is 0.394. The average molecular weight is 671 g/mol. The number of sulfonamides is 1. The molecule has 1 unspecified atom stereocenters. The van der Waals surface area contributed by atoms with Gasteiger partial charge < -0.3 is 29.1 Å². The summed E-state index contributed by atoms with van der Waals surface area (Å²) in [5, 5.41) is 11.0. The Balaban J connectivity index is 1.89. The van der Waals surface area contributed by atoms with Gasteiger partial charge in [0.2, 0.25) is 5.91 Å². The number of anilines is 1. The van der Waals surface area contributed by atoms with E-state index in [0.29, 0.717) is 16.6 Å². The Morgan fingerprint density at radius 1 is 0.957 bits per heavy atom. The zero-order valence-electron chi connectivity index (χ0n) is 27.4. The Kier molecular flexibility index (Phi) is 9.25. The van der Waals surface area contributed by atoms with Gasteiger partial charge >= 0.3 is 0 Å². The number of rotatable bonds is 10. The predicted octanol–water partition coefficient (Wildman–Crippen LogP) is 2.42. The molecule has 0 radical (unpaired) electrons. The van der Waals surface area contributed by atoms with Crippen LogP contribution in [-0.4, -0.2) is 108 Å². The molecule has 1 fully saturated rings. The topological polar surface area (TPSA) is 129 Å². The number of amides is 2. The number of carbonyl (C=O) groups excluding carboxylic acids is 2. The maximum absolute atomic E-state index is 15.4. The number of benzene rings is 3. The molecule has 0 bridgehead atoms. The normalized spacial score (nSPS) is 21.2. The number of β-amino-alcohol motifs (C(OH)–C–C–N with tert-alkyl or cyclic N) is 1. The van der Waals surface area contributed by atoms with Gasteiger partial charge in [-0.25, -0.2) is 17.1 Å². The first kappa shape index (κ1) is 34.1. The molecule has 3 aromatic rings. The number of likely N-dealkylation sites (tertiary alicyclic amines) is 1. The van der Waals surface area contributed by atoms with Crippen LogP contribution in [0.5, 0.6) is 17.2 Å². The van der Waals surface area contributed by atoms with E-state index in [1.807, 2.05) is 19.0 Å². The van der Waals surface area contributed by atoms with Gasteiger partial charge in [-0.15, -0.1) is 0 Å². The third kappa shape index (κ3) is 5.58. The molecule has 2 aliphatic heterocycles. The van der Waals surface area contributed by atoms with Gasteiger partial charge in [-0.05, 0) is 68.5 Å². The van der Waals surface area contributed by atoms with Crippen molar-refractivity contribution in [2.75, 3.05) is 60.4 Å². The number of carbonyl (C=O) groups is 2. The van der Waals surface area contributed by atoms with E-state index in [4.69, 9.17) is 14.2 Å². The van der Waals surface area contributed by atoms with Crippen molar-refractivity contribution in [3.8, 4) is 17.2 Å². The largest absolute Gasteiger partial charge is 0.497 e. The van der Waals surface area contributed by atoms with Gasteiger partial charge in [-0.3, -0.25) is 14.5 Å². The smallest absolute Gasteiger partial charge is 0.274 e. The summed E-state index contributed by atoms with van der Waals surface area (Å²) in [4.78, 5) is 33.5. The van der Waals surface area contributed by atoms with Crippen LogP contribution in [0.25, 0.3) is 0 Å². The SMILES string of the molecule is COc1ccc(S(=O)(=O)N2C(=O)C(c3cc(CN(C)C)ccc3OC)(N3C[C@H](O)C[C@H]3C(=O)N(C)C)c3cc(F)ccc32)c(OC)c1. The fourth-order valence-electron chi connectivity index (χ4n) is 6.58. The summed E-state index contributed by atoms with van der Waals surface area (Å²) in [6.45, 7) is 0.234. The Morgan fingerprint density at radius 2 is 1.66 bits per heavy atom. The van der Waals surface area contributed by atoms with Crippen LogP contribution in [0.1, 0.15) is 23.1 Å². The monoisotopic (exact) mass is 670 g/mol. The van der Waals surface area contributed by atoms with Crippen LogP contribution >= 0.6 is 0 Å². The zero-order chi connectivity index (χ0) is 34.4. The maximum Gasteiger partial charge on any atom is 0.274 e. The number of halogens is 1. The number of ether oxygens (including phenoxy) is 3. The highest BCUT2D eigenvalue weighted by atomic mass is 32.2. The lowest BCUT2D eigenvalue weighted by Gasteiger charge is -2.42. The molecule has 47 heavy (non-hydrogen) atoms. The fourth-order valence-corrected chi connectivity index (χ4v) is 8.18. The highest BCUT2D eigenvalue weighted by Crippen LogP contribution is 2.55. The van der Waals surface area contributed by atoms with Crippen LogP contribution < -0.4 is 18.5 Å². The highest BCUT2D eigenvalue weighted by molar-refractivity contribution is 7.93. The first-order chi connectivity index (χ1) is 22.2. The van der Waals surface area contributed by atoms with Gasteiger partial charge in [-0.2, -0.15) is 0 Å². The van der Waals surface area contributed by atoms with Gasteiger partial charge in [0.25, 0.3) is 15.9 Å². The molecule has 1 saturated heterocycles. The molecule has 252 valence electrons. The van der Waals surface area contributed by atoms with Crippen molar-refractivity contribution in [3.63, 3.8) is 0 Å². The second-order valence-corrected chi connectivity index (χ2v) is 13.8. The van der Waals surface area contributed by atoms with Crippen LogP contribution in [-0.2, 0) is 31.7 Å². The molecule has 12 nitrogen and oxygen atoms in total. The third-order valence-electron chi connectivity index (χ3n) is 8.54. The number of fused-ring (bicyclic) bond motifs is 1. The highest BCUT2D eigenvalue weighted by Gasteiger charge is 2.64. The molecule has 0 aromatic heterocycles. The number of methoxy groups -OCH3 is 3. The second kappa shape index (κ2) is 12.8. The Bertz CT molecular complexity index is 1820. The van der Waals surface area contributed by atoms with E-state index in [-0.39, 0.29) is 46.2 Å². The van der Waals surface area contributed by atoms with Crippen molar-refractivity contribution in [2.24, 2.45) is 0 Å². The zero-order valence-corrected chi connectivity index (χ0v) is 28.2. The van der Waals surface area contributed by atoms with Crippen molar-refractivity contribution in [2.45, 2.75) is 35.5 Å². The molecule has 2 amide bonds. The second-order valence-electron chi connectivity index (χ2n) is 12.0. The number of likely N-dealkylation sites (N-methyl/N-ethyl adjacent to an activating group) is 1. The van der Waals surface area contributed by atoms with Crippen molar-refractivity contribution in [1.29, 1.82) is 0 Å². The van der Waals surface area contributed by atoms with E-state index in [1.165, 1.54) is 55.4 Å². The molecule has 3 atom stereocenters. The molecule has 2 aliphatic rings. The summed E-state index contributed by atoms with van der Waals surface area (Å²) >= 11 is 0. The van der Waals surface area contributed by atoms with E-state index in [0.717, 1.165) is 17.7 Å². The van der Waals surface area contributed by atoms with Gasteiger partial charge in [0.05, 0.1) is 39.2 Å². The van der Waals surface area contributed by atoms with E-state index in [9.17, 15) is 18.3 Å². The van der Waals surface area contributed by atoms with Crippen molar-refractivity contribution in [1.82, 2.24) is 14.7 Å². The Hall–Kier alpha value is -4.24. The quantitative estimate of drug-likeness (QED) is 0.344. The van der Waals surface area contributed by atoms with Crippen LogP contribution in [0.4, 0.5) is 10.1 Å². The number of aliphatic hydroxyl groups is 1. The summed E-state index contributed by atoms with van der Waals surface area (Å²) in [5.74, 6) is -1.71. The summed E-state index contributed by atoms with van der Waals surface area (Å²) < 4.78 is 61.8. The van der Waals surface area contributed by atoms with Crippen LogP contribution in [0.2, 0.25) is 0 Å². The van der Waals surface area contributed by atoms with E-state index in [1.54, 1.807) is 32.3 Å². The molecular formula is C33H39FN4O8S. The molecule has 2 heterocycles. The lowest BCUT2D eigenvalue weighted by Crippen LogP contribution is -2.59. The molecule has 0 saturated carbocycles. The third-order valence-corrected chi connectivity index (χ3v) is 10.3. The number of hydrogen-bond donors (Lipinski definition) is 1. The summed E-state index contributed by atoms with van der Waals surface area (Å²) in [7, 11) is 6.18. The van der Waals surface area contributed by atoms with Crippen LogP contribution in [0, 0.1) is 5.82 Å². The van der Waals surface area contributed by atoms with E-state index in [2.05, 4.69) is 0 Å². The van der Waals surface area contributed by atoms with Crippen LogP contribution in [0.15, 0.2) is 59.5 Å². The molecule has 0 spiro atoms. The van der Waals surface area contributed by atoms with Gasteiger partial charge in [0, 0.05) is 44.4 Å². The van der Waals surface area contributed by atoms with Gasteiger partial charge in [0.15, 0.2) is 5.54 Å². The molecule has 1 N–H and O–H groups in total. The standard InChI is InChI=1S/C33H39FN4O8S/c1-35(2)18-20-8-12-28(45-6)25(14-20)33(37-19-22(39)16-27(37)31(40)36(3)4)24-15-21(34)9-11-26(24)38(32(33)41)47(42,43)30-13-10-23(44-5)17-29(30)46-7/h8-15,17,22,27,39H,16,18-19H2,1-7H3/t22-,27+,33?/m1/s1. The molecule has 0 aliphatic carbocycles. The molecule has 3 aromatic carbocycles. The minimum Gasteiger partial charge on any atom is -0.497 e. The summed E-state index contributed by atoms with van der Waals surface area (Å²) in [5.41, 5.74) is -1.34. The van der Waals surface area contributed by atoms with Crippen molar-refractivity contribution in [3.05, 3.63) is 77.1 Å². The summed E-state index contributed by atoms with van der Waals surface area (Å²) in [6, 6.07) is 11.5. The lowest BCUT2D eigenvalue weighted by atomic mass is 9.80. The number of aliphatic hydroxyl groups excluding tert-OH is 1. The Morgan fingerprint density at radius 3 is 2.28 bits per heavy atom. The maximum atomic E-state index is 15.4. The lowest BCUT2D eigenvalue weighted by molar-refractivity contribution is -0.138. The van der Waals surface area contributed by atoms with Gasteiger partial charge in [0.1, 0.15) is 28.0 Å².